The van der Waals surface area contributed by atoms with Crippen molar-refractivity contribution in [2.75, 3.05) is 7.11 Å². The molecule has 5 heteroatoms. The van der Waals surface area contributed by atoms with Gasteiger partial charge in [-0.25, -0.2) is 0 Å². The molecule has 96 valence electrons. The normalized spacial score (nSPS) is 14.3. The van der Waals surface area contributed by atoms with Crippen LogP contribution in [0.3, 0.4) is 0 Å². The van der Waals surface area contributed by atoms with Crippen molar-refractivity contribution in [2.45, 2.75) is 12.5 Å². The molecule has 0 radical (unpaired) electrons. The van der Waals surface area contributed by atoms with Crippen molar-refractivity contribution in [3.8, 4) is 5.75 Å². The fourth-order valence-electron chi connectivity index (χ4n) is 2.03. The summed E-state index contributed by atoms with van der Waals surface area (Å²) in [5, 5.41) is 14.9. The van der Waals surface area contributed by atoms with Gasteiger partial charge in [0, 0.05) is 11.5 Å². The Morgan fingerprint density at radius 1 is 1.33 bits per heavy atom. The van der Waals surface area contributed by atoms with E-state index in [-0.39, 0.29) is 0 Å². The zero-order valence-electron chi connectivity index (χ0n) is 10.5. The highest BCUT2D eigenvalue weighted by Gasteiger charge is 2.32. The van der Waals surface area contributed by atoms with Gasteiger partial charge in [-0.2, -0.15) is 5.10 Å². The third-order valence-electron chi connectivity index (χ3n) is 2.99. The minimum atomic E-state index is -1.16. The lowest BCUT2D eigenvalue weighted by atomic mass is 9.92. The number of benzene rings is 1. The van der Waals surface area contributed by atoms with Gasteiger partial charge in [0.2, 0.25) is 0 Å². The number of aryl methyl sites for hydroxylation is 1. The number of halogens is 1. The molecule has 1 aromatic carbocycles. The van der Waals surface area contributed by atoms with Crippen molar-refractivity contribution < 1.29 is 9.84 Å². The van der Waals surface area contributed by atoms with Gasteiger partial charge in [-0.05, 0) is 24.6 Å². The molecule has 1 heterocycles. The molecule has 2 aromatic rings. The van der Waals surface area contributed by atoms with E-state index in [0.29, 0.717) is 11.4 Å². The first-order valence-electron chi connectivity index (χ1n) is 5.51. The molecule has 0 fully saturated rings. The second kappa shape index (κ2) is 4.74. The lowest BCUT2D eigenvalue weighted by Crippen LogP contribution is -2.26. The van der Waals surface area contributed by atoms with E-state index in [0.717, 1.165) is 10.0 Å². The van der Waals surface area contributed by atoms with Crippen LogP contribution in [0.25, 0.3) is 0 Å². The molecule has 0 aliphatic rings. The minimum absolute atomic E-state index is 0.574. The van der Waals surface area contributed by atoms with Crippen molar-refractivity contribution >= 4 is 15.9 Å². The summed E-state index contributed by atoms with van der Waals surface area (Å²) in [7, 11) is 3.35. The van der Waals surface area contributed by atoms with E-state index in [4.69, 9.17) is 4.74 Å². The summed E-state index contributed by atoms with van der Waals surface area (Å²) >= 11 is 3.38. The zero-order chi connectivity index (χ0) is 13.3. The first kappa shape index (κ1) is 13.1. The molecule has 0 aliphatic heterocycles. The van der Waals surface area contributed by atoms with E-state index in [2.05, 4.69) is 21.0 Å². The molecule has 0 saturated carbocycles. The fraction of sp³-hybridized carbons (Fsp3) is 0.308. The smallest absolute Gasteiger partial charge is 0.163 e. The van der Waals surface area contributed by atoms with Crippen LogP contribution < -0.4 is 4.74 Å². The minimum Gasteiger partial charge on any atom is -0.493 e. The molecular formula is C13H15BrN2O2. The second-order valence-electron chi connectivity index (χ2n) is 4.26. The first-order chi connectivity index (χ1) is 8.46. The number of methoxy groups -OCH3 is 1. The van der Waals surface area contributed by atoms with Crippen LogP contribution in [0.2, 0.25) is 0 Å². The summed E-state index contributed by atoms with van der Waals surface area (Å²) in [6, 6.07) is 7.53. The van der Waals surface area contributed by atoms with Gasteiger partial charge in [-0.3, -0.25) is 4.68 Å². The van der Waals surface area contributed by atoms with E-state index in [1.165, 1.54) is 0 Å². The van der Waals surface area contributed by atoms with E-state index in [9.17, 15) is 5.11 Å². The largest absolute Gasteiger partial charge is 0.493 e. The van der Waals surface area contributed by atoms with Gasteiger partial charge in [0.15, 0.2) is 5.75 Å². The number of ether oxygens (including phenoxy) is 1. The molecule has 0 spiro atoms. The van der Waals surface area contributed by atoms with Crippen molar-refractivity contribution in [3.63, 3.8) is 0 Å². The van der Waals surface area contributed by atoms with Gasteiger partial charge in [0.05, 0.1) is 13.3 Å². The molecule has 1 N–H and O–H groups in total. The van der Waals surface area contributed by atoms with E-state index in [1.54, 1.807) is 32.0 Å². The number of rotatable bonds is 3. The molecule has 0 aliphatic carbocycles. The average Bonchev–Trinajstić information content (AvgIpc) is 2.71. The Morgan fingerprint density at radius 3 is 2.50 bits per heavy atom. The number of nitrogens with zero attached hydrogens (tertiary/aromatic N) is 2. The van der Waals surface area contributed by atoms with Gasteiger partial charge in [0.1, 0.15) is 11.3 Å². The van der Waals surface area contributed by atoms with E-state index in [1.807, 2.05) is 24.3 Å². The number of hydrogen-bond donors (Lipinski definition) is 1. The van der Waals surface area contributed by atoms with Gasteiger partial charge in [-0.1, -0.05) is 28.1 Å². The van der Waals surface area contributed by atoms with E-state index >= 15 is 0 Å². The zero-order valence-corrected chi connectivity index (χ0v) is 12.1. The molecule has 1 aromatic heterocycles. The topological polar surface area (TPSA) is 47.3 Å². The van der Waals surface area contributed by atoms with Crippen molar-refractivity contribution in [3.05, 3.63) is 46.2 Å². The monoisotopic (exact) mass is 310 g/mol. The maximum absolute atomic E-state index is 10.8. The Balaban J connectivity index is 2.53. The van der Waals surface area contributed by atoms with Gasteiger partial charge < -0.3 is 9.84 Å². The lowest BCUT2D eigenvalue weighted by molar-refractivity contribution is 0.0897. The third-order valence-corrected chi connectivity index (χ3v) is 3.52. The van der Waals surface area contributed by atoms with Gasteiger partial charge >= 0.3 is 0 Å². The van der Waals surface area contributed by atoms with Gasteiger partial charge in [0.25, 0.3) is 0 Å². The Labute approximate surface area is 114 Å². The van der Waals surface area contributed by atoms with Crippen molar-refractivity contribution in [2.24, 2.45) is 7.05 Å². The molecule has 18 heavy (non-hydrogen) atoms. The van der Waals surface area contributed by atoms with Crippen LogP contribution in [-0.2, 0) is 12.6 Å². The van der Waals surface area contributed by atoms with Crippen molar-refractivity contribution in [1.29, 1.82) is 0 Å². The molecule has 0 saturated heterocycles. The summed E-state index contributed by atoms with van der Waals surface area (Å²) in [5.41, 5.74) is 0.261. The standard InChI is InChI=1S/C13H15BrN2O2/c1-13(17,9-4-6-10(14)7-5-9)12-11(18-3)8-15-16(12)2/h4-8,17H,1-3H3. The Kier molecular flexibility index (Phi) is 3.45. The second-order valence-corrected chi connectivity index (χ2v) is 5.18. The average molecular weight is 311 g/mol. The number of aromatic nitrogens is 2. The van der Waals surface area contributed by atoms with Crippen LogP contribution in [-0.4, -0.2) is 22.0 Å². The maximum Gasteiger partial charge on any atom is 0.163 e. The molecule has 0 amide bonds. The molecule has 1 atom stereocenters. The summed E-state index contributed by atoms with van der Waals surface area (Å²) < 4.78 is 7.84. The molecule has 2 rings (SSSR count). The third kappa shape index (κ3) is 2.15. The van der Waals surface area contributed by atoms with Gasteiger partial charge in [-0.15, -0.1) is 0 Å². The van der Waals surface area contributed by atoms with Crippen LogP contribution in [0, 0.1) is 0 Å². The Bertz CT molecular complexity index is 547. The first-order valence-corrected chi connectivity index (χ1v) is 6.31. The highest BCUT2D eigenvalue weighted by molar-refractivity contribution is 9.10. The van der Waals surface area contributed by atoms with Crippen LogP contribution in [0.5, 0.6) is 5.75 Å². The maximum atomic E-state index is 10.8. The highest BCUT2D eigenvalue weighted by atomic mass is 79.9. The lowest BCUT2D eigenvalue weighted by Gasteiger charge is -2.25. The fourth-order valence-corrected chi connectivity index (χ4v) is 2.30. The van der Waals surface area contributed by atoms with Crippen LogP contribution in [0.1, 0.15) is 18.2 Å². The predicted molar refractivity (Wildman–Crippen MR) is 72.6 cm³/mol. The number of aliphatic hydroxyl groups is 1. The summed E-state index contributed by atoms with van der Waals surface area (Å²) in [5.74, 6) is 0.574. The summed E-state index contributed by atoms with van der Waals surface area (Å²) in [6.45, 7) is 1.73. The Morgan fingerprint density at radius 2 is 1.94 bits per heavy atom. The Hall–Kier alpha value is -1.33. The predicted octanol–water partition coefficient (Wildman–Crippen LogP) is 2.45. The van der Waals surface area contributed by atoms with Crippen LogP contribution in [0.4, 0.5) is 0 Å². The molecule has 4 nitrogen and oxygen atoms in total. The quantitative estimate of drug-likeness (QED) is 0.947. The summed E-state index contributed by atoms with van der Waals surface area (Å²) in [4.78, 5) is 0. The van der Waals surface area contributed by atoms with E-state index < -0.39 is 5.60 Å². The molecule has 1 unspecified atom stereocenters. The van der Waals surface area contributed by atoms with Crippen molar-refractivity contribution in [1.82, 2.24) is 9.78 Å². The molecule has 0 bridgehead atoms. The molecular weight excluding hydrogens is 296 g/mol. The number of hydrogen-bond acceptors (Lipinski definition) is 3. The SMILES string of the molecule is COc1cnn(C)c1C(C)(O)c1ccc(Br)cc1. The summed E-state index contributed by atoms with van der Waals surface area (Å²) in [6.07, 6.45) is 1.60. The highest BCUT2D eigenvalue weighted by Crippen LogP contribution is 2.35. The van der Waals surface area contributed by atoms with Crippen LogP contribution in [0.15, 0.2) is 34.9 Å². The van der Waals surface area contributed by atoms with Crippen LogP contribution >= 0.6 is 15.9 Å².